The fraction of sp³-hybridized carbons (Fsp3) is 0.750. The van der Waals surface area contributed by atoms with Gasteiger partial charge in [0.2, 0.25) is 10.0 Å². The standard InChI is InChI=1S/C24H33ClF2N2O3S/c1-2-12-32-19-7-4-16(5-8-19)28-17-6-9-21(20(25)13-17)33(30,31)29-18-14-23(15-18)22(10-3-11-22)24(23,26)27/h6,9,13,16,18-19,28-29H,2-5,7-8,10-12,14-15H2,1H3. The molecule has 1 aromatic carbocycles. The molecule has 2 N–H and O–H groups in total. The second-order valence-corrected chi connectivity index (χ2v) is 12.5. The van der Waals surface area contributed by atoms with Gasteiger partial charge in [0.25, 0.3) is 5.92 Å². The van der Waals surface area contributed by atoms with Crippen molar-refractivity contribution in [1.29, 1.82) is 0 Å². The largest absolute Gasteiger partial charge is 0.382 e. The Bertz CT molecular complexity index is 1000. The van der Waals surface area contributed by atoms with Crippen molar-refractivity contribution >= 4 is 27.3 Å². The van der Waals surface area contributed by atoms with Gasteiger partial charge < -0.3 is 10.1 Å². The zero-order valence-corrected chi connectivity index (χ0v) is 20.6. The number of hydrogen-bond donors (Lipinski definition) is 2. The lowest BCUT2D eigenvalue weighted by molar-refractivity contribution is 0.00800. The number of rotatable bonds is 8. The van der Waals surface area contributed by atoms with Crippen molar-refractivity contribution in [2.24, 2.45) is 10.8 Å². The molecule has 1 aromatic rings. The number of anilines is 1. The van der Waals surface area contributed by atoms with Gasteiger partial charge in [-0.15, -0.1) is 0 Å². The highest BCUT2D eigenvalue weighted by atomic mass is 35.5. The van der Waals surface area contributed by atoms with Gasteiger partial charge in [-0.05, 0) is 76.0 Å². The van der Waals surface area contributed by atoms with E-state index in [0.717, 1.165) is 50.8 Å². The first kappa shape index (κ1) is 23.8. The van der Waals surface area contributed by atoms with Crippen LogP contribution in [-0.4, -0.2) is 39.1 Å². The van der Waals surface area contributed by atoms with Crippen molar-refractivity contribution in [2.75, 3.05) is 11.9 Å². The SMILES string of the molecule is CCCOC1CCC(Nc2ccc(S(=O)(=O)NC3CC4(C3)C(F)(F)C43CCC3)c(Cl)c2)CC1. The number of halogens is 3. The van der Waals surface area contributed by atoms with Crippen molar-refractivity contribution in [3.63, 3.8) is 0 Å². The predicted molar refractivity (Wildman–Crippen MR) is 124 cm³/mol. The minimum atomic E-state index is -3.87. The van der Waals surface area contributed by atoms with Crippen LogP contribution in [0.5, 0.6) is 0 Å². The van der Waals surface area contributed by atoms with E-state index >= 15 is 0 Å². The van der Waals surface area contributed by atoms with Crippen LogP contribution in [0.2, 0.25) is 5.02 Å². The lowest BCUT2D eigenvalue weighted by Gasteiger charge is -2.41. The van der Waals surface area contributed by atoms with Crippen molar-refractivity contribution in [2.45, 2.75) is 100 Å². The summed E-state index contributed by atoms with van der Waals surface area (Å²) in [4.78, 5) is -0.00625. The van der Waals surface area contributed by atoms with Gasteiger partial charge in [0.05, 0.1) is 11.1 Å². The molecule has 5 nitrogen and oxygen atoms in total. The summed E-state index contributed by atoms with van der Waals surface area (Å²) in [5.74, 6) is -2.65. The van der Waals surface area contributed by atoms with E-state index in [4.69, 9.17) is 16.3 Å². The van der Waals surface area contributed by atoms with Crippen LogP contribution in [0.3, 0.4) is 0 Å². The van der Waals surface area contributed by atoms with Gasteiger partial charge in [0.1, 0.15) is 4.90 Å². The van der Waals surface area contributed by atoms with Crippen molar-refractivity contribution in [1.82, 2.24) is 4.72 Å². The first-order valence-corrected chi connectivity index (χ1v) is 14.1. The van der Waals surface area contributed by atoms with E-state index in [9.17, 15) is 17.2 Å². The lowest BCUT2D eigenvalue weighted by atomic mass is 9.65. The third kappa shape index (κ3) is 3.71. The molecule has 9 heteroatoms. The number of ether oxygens (including phenoxy) is 1. The summed E-state index contributed by atoms with van der Waals surface area (Å²) in [5, 5.41) is 3.58. The quantitative estimate of drug-likeness (QED) is 0.476. The maximum Gasteiger partial charge on any atom is 0.260 e. The van der Waals surface area contributed by atoms with Crippen LogP contribution in [0.1, 0.15) is 71.1 Å². The molecule has 0 bridgehead atoms. The van der Waals surface area contributed by atoms with E-state index in [0.29, 0.717) is 25.0 Å². The Morgan fingerprint density at radius 2 is 1.79 bits per heavy atom. The first-order valence-electron chi connectivity index (χ1n) is 12.2. The number of alkyl halides is 2. The highest BCUT2D eigenvalue weighted by Crippen LogP contribution is 2.88. The molecule has 4 saturated carbocycles. The third-order valence-electron chi connectivity index (χ3n) is 8.60. The van der Waals surface area contributed by atoms with Crippen molar-refractivity contribution in [3.05, 3.63) is 23.2 Å². The summed E-state index contributed by atoms with van der Waals surface area (Å²) in [6.45, 7) is 2.91. The monoisotopic (exact) mass is 502 g/mol. The zero-order chi connectivity index (χ0) is 23.5. The van der Waals surface area contributed by atoms with Crippen LogP contribution in [0, 0.1) is 10.8 Å². The number of hydrogen-bond acceptors (Lipinski definition) is 4. The molecule has 0 atom stereocenters. The molecule has 0 aliphatic heterocycles. The van der Waals surface area contributed by atoms with Crippen molar-refractivity contribution < 1.29 is 21.9 Å². The molecule has 2 spiro atoms. The van der Waals surface area contributed by atoms with Crippen LogP contribution in [0.4, 0.5) is 14.5 Å². The normalized spacial score (nSPS) is 34.0. The Balaban J connectivity index is 1.16. The molecule has 0 unspecified atom stereocenters. The van der Waals surface area contributed by atoms with Crippen LogP contribution >= 0.6 is 11.6 Å². The molecule has 4 aliphatic rings. The topological polar surface area (TPSA) is 67.4 Å². The molecule has 0 aromatic heterocycles. The second-order valence-electron chi connectivity index (χ2n) is 10.5. The van der Waals surface area contributed by atoms with E-state index in [1.54, 1.807) is 12.1 Å². The van der Waals surface area contributed by atoms with Crippen LogP contribution in [0.25, 0.3) is 0 Å². The lowest BCUT2D eigenvalue weighted by Crippen LogP contribution is -2.48. The summed E-state index contributed by atoms with van der Waals surface area (Å²) >= 11 is 6.35. The molecule has 4 fully saturated rings. The molecule has 0 heterocycles. The Morgan fingerprint density at radius 1 is 1.09 bits per heavy atom. The highest BCUT2D eigenvalue weighted by Gasteiger charge is 2.94. The highest BCUT2D eigenvalue weighted by molar-refractivity contribution is 7.89. The molecule has 33 heavy (non-hydrogen) atoms. The fourth-order valence-corrected chi connectivity index (χ4v) is 8.34. The molecule has 184 valence electrons. The van der Waals surface area contributed by atoms with E-state index < -0.39 is 32.8 Å². The van der Waals surface area contributed by atoms with Gasteiger partial charge in [-0.1, -0.05) is 24.9 Å². The summed E-state index contributed by atoms with van der Waals surface area (Å²) < 4.78 is 63.1. The maximum atomic E-state index is 14.4. The number of benzene rings is 1. The molecule has 5 rings (SSSR count). The molecular formula is C24H33ClF2N2O3S. The second kappa shape index (κ2) is 8.32. The Hall–Kier alpha value is -0.960. The number of sulfonamides is 1. The summed E-state index contributed by atoms with van der Waals surface area (Å²) in [7, 11) is -3.87. The van der Waals surface area contributed by atoms with Gasteiger partial charge in [0.15, 0.2) is 0 Å². The number of nitrogens with one attached hydrogen (secondary N) is 2. The average Bonchev–Trinajstić information content (AvgIpc) is 3.18. The van der Waals surface area contributed by atoms with Crippen molar-refractivity contribution in [3.8, 4) is 0 Å². The Kier molecular flexibility index (Phi) is 5.99. The maximum absolute atomic E-state index is 14.4. The van der Waals surface area contributed by atoms with Gasteiger partial charge in [-0.3, -0.25) is 0 Å². The molecule has 0 amide bonds. The van der Waals surface area contributed by atoms with E-state index in [1.807, 2.05) is 0 Å². The Labute approximate surface area is 200 Å². The number of fused-ring (bicyclic) bond motifs is 1. The van der Waals surface area contributed by atoms with E-state index in [2.05, 4.69) is 17.0 Å². The summed E-state index contributed by atoms with van der Waals surface area (Å²) in [6.07, 6.45) is 7.73. The van der Waals surface area contributed by atoms with Gasteiger partial charge in [0, 0.05) is 35.2 Å². The van der Waals surface area contributed by atoms with Crippen LogP contribution < -0.4 is 10.0 Å². The average molecular weight is 503 g/mol. The van der Waals surface area contributed by atoms with Crippen LogP contribution in [-0.2, 0) is 14.8 Å². The third-order valence-corrected chi connectivity index (χ3v) is 10.6. The van der Waals surface area contributed by atoms with E-state index in [1.165, 1.54) is 6.07 Å². The van der Waals surface area contributed by atoms with Gasteiger partial charge in [-0.25, -0.2) is 21.9 Å². The molecular weight excluding hydrogens is 470 g/mol. The van der Waals surface area contributed by atoms with Gasteiger partial charge >= 0.3 is 0 Å². The molecule has 0 saturated heterocycles. The molecule has 0 radical (unpaired) electrons. The summed E-state index contributed by atoms with van der Waals surface area (Å²) in [5.41, 5.74) is -1.05. The fourth-order valence-electron chi connectivity index (χ4n) is 6.56. The smallest absolute Gasteiger partial charge is 0.260 e. The first-order chi connectivity index (χ1) is 15.6. The minimum Gasteiger partial charge on any atom is -0.382 e. The van der Waals surface area contributed by atoms with E-state index in [-0.39, 0.29) is 22.8 Å². The predicted octanol–water partition coefficient (Wildman–Crippen LogP) is 5.74. The zero-order valence-electron chi connectivity index (χ0n) is 19.0. The Morgan fingerprint density at radius 3 is 2.33 bits per heavy atom. The summed E-state index contributed by atoms with van der Waals surface area (Å²) in [6, 6.07) is 4.70. The molecule has 4 aliphatic carbocycles. The van der Waals surface area contributed by atoms with Crippen LogP contribution in [0.15, 0.2) is 23.1 Å². The van der Waals surface area contributed by atoms with Gasteiger partial charge in [-0.2, -0.15) is 0 Å². The minimum absolute atomic E-state index is 0.00625.